The zero-order valence-electron chi connectivity index (χ0n) is 12.6. The number of hydrogen-bond acceptors (Lipinski definition) is 2. The predicted molar refractivity (Wildman–Crippen MR) is 81.0 cm³/mol. The van der Waals surface area contributed by atoms with Gasteiger partial charge in [0.15, 0.2) is 0 Å². The lowest BCUT2D eigenvalue weighted by atomic mass is 9.83. The van der Waals surface area contributed by atoms with Gasteiger partial charge in [-0.25, -0.2) is 4.79 Å². The molecule has 0 radical (unpaired) electrons. The van der Waals surface area contributed by atoms with Crippen molar-refractivity contribution in [3.8, 4) is 0 Å². The molecule has 0 bridgehead atoms. The average Bonchev–Trinajstić information content (AvgIpc) is 2.50. The molecule has 1 amide bonds. The Bertz CT molecular complexity index is 527. The molecule has 0 spiro atoms. The Morgan fingerprint density at radius 1 is 1.33 bits per heavy atom. The monoisotopic (exact) mass is 289 g/mol. The van der Waals surface area contributed by atoms with Crippen LogP contribution >= 0.6 is 0 Å². The summed E-state index contributed by atoms with van der Waals surface area (Å²) >= 11 is 0. The molecule has 0 fully saturated rings. The van der Waals surface area contributed by atoms with E-state index in [1.807, 2.05) is 26.0 Å². The third-order valence-electron chi connectivity index (χ3n) is 4.49. The number of hydrogen-bond donors (Lipinski definition) is 2. The van der Waals surface area contributed by atoms with E-state index in [-0.39, 0.29) is 17.7 Å². The standard InChI is InChI=1S/C17H23NO3/c1-3-11(2)15(17(20)21)18-16(19)14-9-8-12-6-4-5-7-13(12)10-14/h4-7,11,14-15H,3,8-10H2,1-2H3,(H,18,19)(H,20,21)/t11-,14?,15-/m0/s1. The minimum absolute atomic E-state index is 0.0673. The molecule has 4 nitrogen and oxygen atoms in total. The van der Waals surface area contributed by atoms with Gasteiger partial charge in [0.25, 0.3) is 0 Å². The van der Waals surface area contributed by atoms with Crippen LogP contribution < -0.4 is 5.32 Å². The number of carbonyl (C=O) groups is 2. The molecule has 1 aliphatic carbocycles. The van der Waals surface area contributed by atoms with Gasteiger partial charge in [-0.3, -0.25) is 4.79 Å². The van der Waals surface area contributed by atoms with Gasteiger partial charge in [0.05, 0.1) is 0 Å². The zero-order valence-corrected chi connectivity index (χ0v) is 12.6. The van der Waals surface area contributed by atoms with Crippen LogP contribution in [0.1, 0.15) is 37.8 Å². The van der Waals surface area contributed by atoms with Gasteiger partial charge in [0.2, 0.25) is 5.91 Å². The van der Waals surface area contributed by atoms with Crippen LogP contribution in [0.25, 0.3) is 0 Å². The van der Waals surface area contributed by atoms with Gasteiger partial charge in [0.1, 0.15) is 6.04 Å². The predicted octanol–water partition coefficient (Wildman–Crippen LogP) is 2.41. The first kappa shape index (κ1) is 15.5. The summed E-state index contributed by atoms with van der Waals surface area (Å²) in [6.45, 7) is 3.79. The fourth-order valence-corrected chi connectivity index (χ4v) is 2.88. The number of carboxylic acid groups (broad SMARTS) is 1. The second-order valence-corrected chi connectivity index (χ2v) is 5.92. The molecule has 114 valence electrons. The molecule has 21 heavy (non-hydrogen) atoms. The van der Waals surface area contributed by atoms with Gasteiger partial charge < -0.3 is 10.4 Å². The van der Waals surface area contributed by atoms with Gasteiger partial charge in [-0.15, -0.1) is 0 Å². The average molecular weight is 289 g/mol. The number of carboxylic acids is 1. The van der Waals surface area contributed by atoms with E-state index in [1.54, 1.807) is 0 Å². The number of aryl methyl sites for hydroxylation is 1. The Morgan fingerprint density at radius 3 is 2.62 bits per heavy atom. The van der Waals surface area contributed by atoms with Gasteiger partial charge in [-0.05, 0) is 36.3 Å². The first-order chi connectivity index (χ1) is 10.0. The fourth-order valence-electron chi connectivity index (χ4n) is 2.88. The van der Waals surface area contributed by atoms with Crippen LogP contribution in [0.5, 0.6) is 0 Å². The van der Waals surface area contributed by atoms with Gasteiger partial charge in [-0.2, -0.15) is 0 Å². The summed E-state index contributed by atoms with van der Waals surface area (Å²) in [5.41, 5.74) is 2.51. The van der Waals surface area contributed by atoms with Gasteiger partial charge in [0, 0.05) is 5.92 Å². The number of rotatable bonds is 5. The summed E-state index contributed by atoms with van der Waals surface area (Å²) in [6.07, 6.45) is 3.10. The molecule has 1 unspecified atom stereocenters. The summed E-state index contributed by atoms with van der Waals surface area (Å²) in [7, 11) is 0. The quantitative estimate of drug-likeness (QED) is 0.874. The molecule has 2 rings (SSSR count). The maximum absolute atomic E-state index is 12.4. The Hall–Kier alpha value is -1.84. The highest BCUT2D eigenvalue weighted by Crippen LogP contribution is 2.25. The maximum atomic E-state index is 12.4. The van der Waals surface area contributed by atoms with E-state index in [2.05, 4.69) is 17.4 Å². The molecule has 0 heterocycles. The Kier molecular flexibility index (Phi) is 4.99. The molecule has 0 aromatic heterocycles. The highest BCUT2D eigenvalue weighted by Gasteiger charge is 2.30. The second kappa shape index (κ2) is 6.74. The Morgan fingerprint density at radius 2 is 2.00 bits per heavy atom. The zero-order chi connectivity index (χ0) is 15.4. The lowest BCUT2D eigenvalue weighted by Gasteiger charge is -2.27. The minimum Gasteiger partial charge on any atom is -0.480 e. The molecular formula is C17H23NO3. The van der Waals surface area contributed by atoms with Crippen LogP contribution in [0.15, 0.2) is 24.3 Å². The lowest BCUT2D eigenvalue weighted by molar-refractivity contribution is -0.144. The van der Waals surface area contributed by atoms with Crippen molar-refractivity contribution in [2.24, 2.45) is 11.8 Å². The molecule has 0 saturated carbocycles. The number of amides is 1. The van der Waals surface area contributed by atoms with Gasteiger partial charge >= 0.3 is 5.97 Å². The molecule has 3 atom stereocenters. The van der Waals surface area contributed by atoms with Crippen molar-refractivity contribution < 1.29 is 14.7 Å². The summed E-state index contributed by atoms with van der Waals surface area (Å²) in [6, 6.07) is 7.36. The van der Waals surface area contributed by atoms with Crippen molar-refractivity contribution in [1.29, 1.82) is 0 Å². The number of aliphatic carboxylic acids is 1. The van der Waals surface area contributed by atoms with E-state index in [1.165, 1.54) is 11.1 Å². The molecule has 4 heteroatoms. The lowest BCUT2D eigenvalue weighted by Crippen LogP contribution is -2.48. The van der Waals surface area contributed by atoms with Crippen LogP contribution in [-0.2, 0) is 22.4 Å². The number of benzene rings is 1. The van der Waals surface area contributed by atoms with Crippen LogP contribution in [0.2, 0.25) is 0 Å². The summed E-state index contributed by atoms with van der Waals surface area (Å²) < 4.78 is 0. The van der Waals surface area contributed by atoms with Crippen LogP contribution in [0, 0.1) is 11.8 Å². The van der Waals surface area contributed by atoms with Crippen LogP contribution in [0.4, 0.5) is 0 Å². The topological polar surface area (TPSA) is 66.4 Å². The molecule has 1 aromatic rings. The highest BCUT2D eigenvalue weighted by molar-refractivity contribution is 5.85. The number of nitrogens with one attached hydrogen (secondary N) is 1. The van der Waals surface area contributed by atoms with Gasteiger partial charge in [-0.1, -0.05) is 44.5 Å². The third-order valence-corrected chi connectivity index (χ3v) is 4.49. The smallest absolute Gasteiger partial charge is 0.326 e. The second-order valence-electron chi connectivity index (χ2n) is 5.92. The third kappa shape index (κ3) is 3.63. The molecule has 2 N–H and O–H groups in total. The first-order valence-corrected chi connectivity index (χ1v) is 7.62. The van der Waals surface area contributed by atoms with E-state index >= 15 is 0 Å². The van der Waals surface area contributed by atoms with E-state index in [0.29, 0.717) is 6.42 Å². The van der Waals surface area contributed by atoms with Crippen LogP contribution in [0.3, 0.4) is 0 Å². The van der Waals surface area contributed by atoms with Crippen molar-refractivity contribution in [1.82, 2.24) is 5.32 Å². The molecule has 1 aromatic carbocycles. The highest BCUT2D eigenvalue weighted by atomic mass is 16.4. The van der Waals surface area contributed by atoms with Crippen molar-refractivity contribution in [2.75, 3.05) is 0 Å². The van der Waals surface area contributed by atoms with Crippen molar-refractivity contribution in [3.05, 3.63) is 35.4 Å². The molecular weight excluding hydrogens is 266 g/mol. The van der Waals surface area contributed by atoms with E-state index in [0.717, 1.165) is 19.3 Å². The fraction of sp³-hybridized carbons (Fsp3) is 0.529. The normalized spacial score (nSPS) is 20.2. The maximum Gasteiger partial charge on any atom is 0.326 e. The summed E-state index contributed by atoms with van der Waals surface area (Å²) in [5, 5.41) is 12.0. The van der Waals surface area contributed by atoms with Crippen molar-refractivity contribution >= 4 is 11.9 Å². The van der Waals surface area contributed by atoms with Crippen molar-refractivity contribution in [3.63, 3.8) is 0 Å². The Labute approximate surface area is 125 Å². The van der Waals surface area contributed by atoms with E-state index in [4.69, 9.17) is 0 Å². The van der Waals surface area contributed by atoms with E-state index < -0.39 is 12.0 Å². The molecule has 0 aliphatic heterocycles. The summed E-state index contributed by atoms with van der Waals surface area (Å²) in [5.74, 6) is -1.26. The Balaban J connectivity index is 2.03. The molecule has 0 saturated heterocycles. The number of fused-ring (bicyclic) bond motifs is 1. The summed E-state index contributed by atoms with van der Waals surface area (Å²) in [4.78, 5) is 23.7. The van der Waals surface area contributed by atoms with Crippen LogP contribution in [-0.4, -0.2) is 23.0 Å². The van der Waals surface area contributed by atoms with Crippen molar-refractivity contribution in [2.45, 2.75) is 45.6 Å². The molecule has 1 aliphatic rings. The largest absolute Gasteiger partial charge is 0.480 e. The SMILES string of the molecule is CC[C@H](C)[C@H](NC(=O)C1CCc2ccccc2C1)C(=O)O. The van der Waals surface area contributed by atoms with E-state index in [9.17, 15) is 14.7 Å². The number of carbonyl (C=O) groups excluding carboxylic acids is 1. The minimum atomic E-state index is -0.950. The first-order valence-electron chi connectivity index (χ1n) is 7.62.